The van der Waals surface area contributed by atoms with Gasteiger partial charge in [-0.25, -0.2) is 4.79 Å². The van der Waals surface area contributed by atoms with E-state index in [-0.39, 0.29) is 18.6 Å². The number of hydrogen-bond donors (Lipinski definition) is 9. The Hall–Kier alpha value is -4.33. The number of amides is 3. The minimum Gasteiger partial charge on any atom is -0.480 e. The van der Waals surface area contributed by atoms with Crippen molar-refractivity contribution in [2.45, 2.75) is 37.0 Å². The number of rotatable bonds is 13. The number of carbonyl (C=O) groups excluding carboxylic acids is 3. The van der Waals surface area contributed by atoms with Crippen LogP contribution in [-0.2, 0) is 32.0 Å². The van der Waals surface area contributed by atoms with Gasteiger partial charge in [-0.2, -0.15) is 12.6 Å². The molecule has 216 valence electrons. The van der Waals surface area contributed by atoms with Crippen LogP contribution in [0.1, 0.15) is 11.1 Å². The van der Waals surface area contributed by atoms with E-state index in [1.54, 1.807) is 12.4 Å². The molecule has 12 nitrogen and oxygen atoms in total. The summed E-state index contributed by atoms with van der Waals surface area (Å²) in [7, 11) is 0. The minimum absolute atomic E-state index is 0.00662. The van der Waals surface area contributed by atoms with Crippen LogP contribution in [0.2, 0.25) is 0 Å². The first-order valence-corrected chi connectivity index (χ1v) is 13.6. The summed E-state index contributed by atoms with van der Waals surface area (Å²) in [5.41, 5.74) is 9.35. The highest BCUT2D eigenvalue weighted by molar-refractivity contribution is 7.80. The number of aromatic amines is 2. The molecular formula is C28H32N6O6S. The van der Waals surface area contributed by atoms with Gasteiger partial charge in [-0.15, -0.1) is 0 Å². The minimum atomic E-state index is -1.41. The summed E-state index contributed by atoms with van der Waals surface area (Å²) in [5.74, 6) is -3.71. The van der Waals surface area contributed by atoms with Gasteiger partial charge in [0.05, 0.1) is 12.6 Å². The smallest absolute Gasteiger partial charge is 0.327 e. The maximum Gasteiger partial charge on any atom is 0.327 e. The van der Waals surface area contributed by atoms with Gasteiger partial charge in [-0.3, -0.25) is 14.4 Å². The molecule has 13 heteroatoms. The van der Waals surface area contributed by atoms with Gasteiger partial charge in [0.25, 0.3) is 0 Å². The van der Waals surface area contributed by atoms with Crippen LogP contribution in [0.5, 0.6) is 0 Å². The van der Waals surface area contributed by atoms with Crippen molar-refractivity contribution in [2.75, 3.05) is 12.4 Å². The molecule has 2 aromatic carbocycles. The Bertz CT molecular complexity index is 1550. The predicted molar refractivity (Wildman–Crippen MR) is 156 cm³/mol. The first-order valence-electron chi connectivity index (χ1n) is 12.9. The van der Waals surface area contributed by atoms with E-state index in [1.807, 2.05) is 48.5 Å². The van der Waals surface area contributed by atoms with Crippen molar-refractivity contribution < 1.29 is 29.4 Å². The number of benzene rings is 2. The van der Waals surface area contributed by atoms with E-state index < -0.39 is 54.5 Å². The van der Waals surface area contributed by atoms with Crippen molar-refractivity contribution >= 4 is 58.1 Å². The quantitative estimate of drug-likeness (QED) is 0.101. The van der Waals surface area contributed by atoms with Gasteiger partial charge in [-0.1, -0.05) is 36.4 Å². The molecule has 2 aromatic heterocycles. The van der Waals surface area contributed by atoms with Crippen molar-refractivity contribution in [1.82, 2.24) is 25.9 Å². The largest absolute Gasteiger partial charge is 0.480 e. The summed E-state index contributed by atoms with van der Waals surface area (Å²) in [6, 6.07) is 9.97. The van der Waals surface area contributed by atoms with Crippen LogP contribution >= 0.6 is 12.6 Å². The number of thiol groups is 1. The molecule has 0 spiro atoms. The number of aliphatic hydroxyl groups excluding tert-OH is 1. The highest BCUT2D eigenvalue weighted by Crippen LogP contribution is 2.20. The molecule has 9 N–H and O–H groups in total. The molecule has 4 aromatic rings. The fourth-order valence-corrected chi connectivity index (χ4v) is 4.81. The lowest BCUT2D eigenvalue weighted by atomic mass is 10.0. The highest BCUT2D eigenvalue weighted by Gasteiger charge is 2.30. The van der Waals surface area contributed by atoms with E-state index in [2.05, 4.69) is 38.5 Å². The maximum atomic E-state index is 13.2. The number of H-pyrrole nitrogens is 2. The molecule has 0 saturated heterocycles. The molecule has 0 saturated carbocycles. The molecule has 0 radical (unpaired) electrons. The van der Waals surface area contributed by atoms with Crippen molar-refractivity contribution in [3.8, 4) is 0 Å². The van der Waals surface area contributed by atoms with Gasteiger partial charge in [0.15, 0.2) is 0 Å². The van der Waals surface area contributed by atoms with Gasteiger partial charge >= 0.3 is 5.97 Å². The molecule has 41 heavy (non-hydrogen) atoms. The van der Waals surface area contributed by atoms with Gasteiger partial charge in [0.2, 0.25) is 17.7 Å². The molecule has 0 aliphatic rings. The predicted octanol–water partition coefficient (Wildman–Crippen LogP) is 0.223. The third-order valence-electron chi connectivity index (χ3n) is 6.80. The Labute approximate surface area is 240 Å². The number of fused-ring (bicyclic) bond motifs is 2. The standard InChI is InChI=1S/C28H32N6O6S/c29-19(9-15-11-30-20-7-3-1-5-17(15)20)25(36)33-23(13-35)27(38)32-22(26(37)34-24(14-41)28(39)40)10-16-12-31-21-8-4-2-6-18(16)21/h1-8,11-12,19,22-24,30-31,35,41H,9-10,13-14,29H2,(H,32,38)(H,33,36)(H,34,37)(H,39,40). The number of aliphatic hydroxyl groups is 1. The lowest BCUT2D eigenvalue weighted by molar-refractivity contribution is -0.141. The fraction of sp³-hybridized carbons (Fsp3) is 0.286. The molecule has 0 fully saturated rings. The Morgan fingerprint density at radius 2 is 1.24 bits per heavy atom. The first-order chi connectivity index (χ1) is 19.7. The second-order valence-electron chi connectivity index (χ2n) is 9.62. The van der Waals surface area contributed by atoms with Gasteiger partial charge in [0, 0.05) is 46.4 Å². The van der Waals surface area contributed by atoms with Crippen molar-refractivity contribution in [3.63, 3.8) is 0 Å². The van der Waals surface area contributed by atoms with Gasteiger partial charge in [-0.05, 0) is 29.7 Å². The number of nitrogens with two attached hydrogens (primary N) is 1. The molecule has 3 amide bonds. The number of nitrogens with one attached hydrogen (secondary N) is 5. The van der Waals surface area contributed by atoms with Gasteiger partial charge < -0.3 is 41.9 Å². The van der Waals surface area contributed by atoms with Crippen LogP contribution in [-0.4, -0.2) is 80.4 Å². The normalized spacial score (nSPS) is 14.2. The second-order valence-corrected chi connectivity index (χ2v) is 9.99. The zero-order valence-corrected chi connectivity index (χ0v) is 22.9. The summed E-state index contributed by atoms with van der Waals surface area (Å²) in [4.78, 5) is 56.9. The van der Waals surface area contributed by atoms with Crippen molar-refractivity contribution in [2.24, 2.45) is 5.73 Å². The van der Waals surface area contributed by atoms with E-state index in [0.29, 0.717) is 5.56 Å². The average Bonchev–Trinajstić information content (AvgIpc) is 3.57. The Morgan fingerprint density at radius 1 is 0.756 bits per heavy atom. The molecule has 0 aliphatic carbocycles. The summed E-state index contributed by atoms with van der Waals surface area (Å²) >= 11 is 3.98. The van der Waals surface area contributed by atoms with Crippen LogP contribution in [0.4, 0.5) is 0 Å². The number of hydrogen-bond acceptors (Lipinski definition) is 7. The van der Waals surface area contributed by atoms with Crippen LogP contribution in [0, 0.1) is 0 Å². The van der Waals surface area contributed by atoms with E-state index in [9.17, 15) is 29.4 Å². The van der Waals surface area contributed by atoms with Crippen molar-refractivity contribution in [3.05, 3.63) is 72.1 Å². The molecule has 4 unspecified atom stereocenters. The molecular weight excluding hydrogens is 548 g/mol. The van der Waals surface area contributed by atoms with E-state index in [0.717, 1.165) is 27.4 Å². The third-order valence-corrected chi connectivity index (χ3v) is 7.16. The summed E-state index contributed by atoms with van der Waals surface area (Å²) < 4.78 is 0. The summed E-state index contributed by atoms with van der Waals surface area (Å²) in [6.45, 7) is -0.757. The summed E-state index contributed by atoms with van der Waals surface area (Å²) in [6.07, 6.45) is 3.64. The van der Waals surface area contributed by atoms with Gasteiger partial charge in [0.1, 0.15) is 18.1 Å². The lowest BCUT2D eigenvalue weighted by Gasteiger charge is -2.24. The fourth-order valence-electron chi connectivity index (χ4n) is 4.56. The monoisotopic (exact) mass is 580 g/mol. The Morgan fingerprint density at radius 3 is 1.78 bits per heavy atom. The van der Waals surface area contributed by atoms with Crippen molar-refractivity contribution in [1.29, 1.82) is 0 Å². The second kappa shape index (κ2) is 13.4. The Balaban J connectivity index is 1.47. The first kappa shape index (κ1) is 29.6. The number of aromatic nitrogens is 2. The summed E-state index contributed by atoms with van der Waals surface area (Å²) in [5, 5.41) is 28.4. The zero-order valence-electron chi connectivity index (χ0n) is 22.0. The number of aliphatic carboxylic acids is 1. The third kappa shape index (κ3) is 7.06. The number of carboxylic acid groups (broad SMARTS) is 1. The lowest BCUT2D eigenvalue weighted by Crippen LogP contribution is -2.58. The Kier molecular flexibility index (Phi) is 9.65. The van der Waals surface area contributed by atoms with Crippen LogP contribution < -0.4 is 21.7 Å². The van der Waals surface area contributed by atoms with E-state index in [1.165, 1.54) is 0 Å². The van der Waals surface area contributed by atoms with E-state index >= 15 is 0 Å². The molecule has 0 bridgehead atoms. The SMILES string of the molecule is NC(Cc1c[nH]c2ccccc12)C(=O)NC(CO)C(=O)NC(Cc1c[nH]c2ccccc12)C(=O)NC(CS)C(=O)O. The average molecular weight is 581 g/mol. The molecule has 4 atom stereocenters. The topological polar surface area (TPSA) is 202 Å². The highest BCUT2D eigenvalue weighted by atomic mass is 32.1. The molecule has 0 aliphatic heterocycles. The number of carbonyl (C=O) groups is 4. The number of para-hydroxylation sites is 2. The zero-order chi connectivity index (χ0) is 29.5. The van der Waals surface area contributed by atoms with E-state index in [4.69, 9.17) is 5.73 Å². The van der Waals surface area contributed by atoms with Crippen LogP contribution in [0.15, 0.2) is 60.9 Å². The van der Waals surface area contributed by atoms with Crippen LogP contribution in [0.25, 0.3) is 21.8 Å². The van der Waals surface area contributed by atoms with Crippen LogP contribution in [0.3, 0.4) is 0 Å². The number of carboxylic acids is 1. The molecule has 2 heterocycles. The molecule has 4 rings (SSSR count). The maximum absolute atomic E-state index is 13.2.